The van der Waals surface area contributed by atoms with Gasteiger partial charge in [-0.2, -0.15) is 0 Å². The Bertz CT molecular complexity index is 405. The highest BCUT2D eigenvalue weighted by atomic mass is 35.5. The van der Waals surface area contributed by atoms with E-state index in [-0.39, 0.29) is 0 Å². The third-order valence-electron chi connectivity index (χ3n) is 3.65. The van der Waals surface area contributed by atoms with Crippen molar-refractivity contribution in [1.29, 1.82) is 0 Å². The fraction of sp³-hybridized carbons (Fsp3) is 0.600. The second-order valence-corrected chi connectivity index (χ2v) is 6.10. The van der Waals surface area contributed by atoms with Gasteiger partial charge in [0.25, 0.3) is 0 Å². The van der Waals surface area contributed by atoms with E-state index in [0.29, 0.717) is 16.5 Å². The lowest BCUT2D eigenvalue weighted by Gasteiger charge is -2.23. The van der Waals surface area contributed by atoms with Gasteiger partial charge in [0, 0.05) is 5.02 Å². The molecule has 1 saturated heterocycles. The highest BCUT2D eigenvalue weighted by molar-refractivity contribution is 6.31. The van der Waals surface area contributed by atoms with Crippen molar-refractivity contribution < 1.29 is 4.39 Å². The zero-order valence-corrected chi connectivity index (χ0v) is 11.9. The second-order valence-electron chi connectivity index (χ2n) is 5.70. The topological polar surface area (TPSA) is 12.0 Å². The minimum absolute atomic E-state index is 0.651. The van der Waals surface area contributed by atoms with Crippen molar-refractivity contribution in [3.63, 3.8) is 0 Å². The molecule has 1 aliphatic heterocycles. The summed E-state index contributed by atoms with van der Waals surface area (Å²) in [6.45, 7) is 5.30. The molecule has 0 aliphatic carbocycles. The SMILES string of the molecule is CC(C)(F)c1ccc(CC2CCCNC2)c(Cl)c1. The van der Waals surface area contributed by atoms with E-state index in [0.717, 1.165) is 25.1 Å². The summed E-state index contributed by atoms with van der Waals surface area (Å²) < 4.78 is 13.8. The van der Waals surface area contributed by atoms with Gasteiger partial charge >= 0.3 is 0 Å². The van der Waals surface area contributed by atoms with E-state index < -0.39 is 5.67 Å². The average Bonchev–Trinajstić information content (AvgIpc) is 2.32. The Morgan fingerprint density at radius 1 is 1.44 bits per heavy atom. The maximum atomic E-state index is 13.8. The molecule has 0 radical (unpaired) electrons. The largest absolute Gasteiger partial charge is 0.316 e. The van der Waals surface area contributed by atoms with E-state index in [1.165, 1.54) is 12.8 Å². The van der Waals surface area contributed by atoms with Crippen molar-refractivity contribution >= 4 is 11.6 Å². The van der Waals surface area contributed by atoms with Crippen molar-refractivity contribution in [2.75, 3.05) is 13.1 Å². The minimum Gasteiger partial charge on any atom is -0.316 e. The lowest BCUT2D eigenvalue weighted by molar-refractivity contribution is 0.221. The molecule has 2 rings (SSSR count). The predicted molar refractivity (Wildman–Crippen MR) is 74.9 cm³/mol. The molecule has 3 heteroatoms. The van der Waals surface area contributed by atoms with E-state index in [1.807, 2.05) is 12.1 Å². The Balaban J connectivity index is 2.09. The first-order valence-electron chi connectivity index (χ1n) is 6.65. The van der Waals surface area contributed by atoms with Gasteiger partial charge in [0.1, 0.15) is 5.67 Å². The molecule has 1 atom stereocenters. The first-order chi connectivity index (χ1) is 8.47. The van der Waals surface area contributed by atoms with Crippen LogP contribution in [0.25, 0.3) is 0 Å². The number of benzene rings is 1. The van der Waals surface area contributed by atoms with Gasteiger partial charge < -0.3 is 5.32 Å². The maximum absolute atomic E-state index is 13.8. The molecule has 1 unspecified atom stereocenters. The third-order valence-corrected chi connectivity index (χ3v) is 4.00. The van der Waals surface area contributed by atoms with E-state index in [2.05, 4.69) is 5.32 Å². The van der Waals surface area contributed by atoms with E-state index in [4.69, 9.17) is 11.6 Å². The van der Waals surface area contributed by atoms with Crippen LogP contribution in [0.2, 0.25) is 5.02 Å². The van der Waals surface area contributed by atoms with Gasteiger partial charge in [-0.15, -0.1) is 0 Å². The summed E-state index contributed by atoms with van der Waals surface area (Å²) in [5.74, 6) is 0.653. The van der Waals surface area contributed by atoms with Crippen LogP contribution >= 0.6 is 11.6 Å². The Morgan fingerprint density at radius 2 is 2.22 bits per heavy atom. The zero-order valence-electron chi connectivity index (χ0n) is 11.1. The minimum atomic E-state index is -1.32. The Hall–Kier alpha value is -0.600. The molecule has 1 aromatic rings. The third kappa shape index (κ3) is 3.46. The molecule has 1 nitrogen and oxygen atoms in total. The van der Waals surface area contributed by atoms with E-state index in [1.54, 1.807) is 19.9 Å². The van der Waals surface area contributed by atoms with Crippen LogP contribution in [-0.2, 0) is 12.1 Å². The number of alkyl halides is 1. The van der Waals surface area contributed by atoms with Gasteiger partial charge in [-0.1, -0.05) is 23.7 Å². The average molecular weight is 270 g/mol. The van der Waals surface area contributed by atoms with Crippen molar-refractivity contribution in [3.8, 4) is 0 Å². The van der Waals surface area contributed by atoms with E-state index >= 15 is 0 Å². The first kappa shape index (κ1) is 13.8. The Morgan fingerprint density at radius 3 is 2.78 bits per heavy atom. The fourth-order valence-electron chi connectivity index (χ4n) is 2.49. The number of hydrogen-bond donors (Lipinski definition) is 1. The normalized spacial score (nSPS) is 21.0. The maximum Gasteiger partial charge on any atom is 0.130 e. The monoisotopic (exact) mass is 269 g/mol. The summed E-state index contributed by atoms with van der Waals surface area (Å²) in [6.07, 6.45) is 3.47. The molecule has 0 bridgehead atoms. The summed E-state index contributed by atoms with van der Waals surface area (Å²) in [5.41, 5.74) is 0.463. The standard InChI is InChI=1S/C15H21ClFN/c1-15(2,17)13-6-5-12(14(16)9-13)8-11-4-3-7-18-10-11/h5-6,9,11,18H,3-4,7-8,10H2,1-2H3. The van der Waals surface area contributed by atoms with E-state index in [9.17, 15) is 4.39 Å². The van der Waals surface area contributed by atoms with Crippen molar-refractivity contribution in [3.05, 3.63) is 34.3 Å². The van der Waals surface area contributed by atoms with Crippen LogP contribution in [0.3, 0.4) is 0 Å². The number of rotatable bonds is 3. The molecule has 1 N–H and O–H groups in total. The molecule has 18 heavy (non-hydrogen) atoms. The molecule has 0 amide bonds. The van der Waals surface area contributed by atoms with Gasteiger partial charge in [0.2, 0.25) is 0 Å². The number of halogens is 2. The zero-order chi connectivity index (χ0) is 13.2. The first-order valence-corrected chi connectivity index (χ1v) is 7.03. The van der Waals surface area contributed by atoms with Gasteiger partial charge in [0.15, 0.2) is 0 Å². The molecule has 0 aromatic heterocycles. The summed E-state index contributed by atoms with van der Waals surface area (Å²) in [7, 11) is 0. The van der Waals surface area contributed by atoms with Crippen LogP contribution in [0.15, 0.2) is 18.2 Å². The second kappa shape index (κ2) is 5.58. The summed E-state index contributed by atoms with van der Waals surface area (Å²) in [5, 5.41) is 4.11. The fourth-order valence-corrected chi connectivity index (χ4v) is 2.75. The number of hydrogen-bond acceptors (Lipinski definition) is 1. The van der Waals surface area contributed by atoms with Gasteiger partial charge in [0.05, 0.1) is 0 Å². The molecule has 1 fully saturated rings. The molecular formula is C15H21ClFN. The summed E-state index contributed by atoms with van der Waals surface area (Å²) >= 11 is 6.27. The van der Waals surface area contributed by atoms with Gasteiger partial charge in [-0.3, -0.25) is 0 Å². The molecule has 1 heterocycles. The van der Waals surface area contributed by atoms with Crippen molar-refractivity contribution in [2.45, 2.75) is 38.8 Å². The molecule has 100 valence electrons. The van der Waals surface area contributed by atoms with Crippen LogP contribution < -0.4 is 5.32 Å². The van der Waals surface area contributed by atoms with Crippen LogP contribution in [0.1, 0.15) is 37.8 Å². The summed E-state index contributed by atoms with van der Waals surface area (Å²) in [4.78, 5) is 0. The number of nitrogens with one attached hydrogen (secondary N) is 1. The van der Waals surface area contributed by atoms with Crippen LogP contribution in [0.4, 0.5) is 4.39 Å². The molecule has 0 saturated carbocycles. The van der Waals surface area contributed by atoms with Crippen molar-refractivity contribution in [2.24, 2.45) is 5.92 Å². The van der Waals surface area contributed by atoms with Crippen LogP contribution in [-0.4, -0.2) is 13.1 Å². The predicted octanol–water partition coefficient (Wildman–Crippen LogP) is 4.09. The summed E-state index contributed by atoms with van der Waals surface area (Å²) in [6, 6.07) is 5.61. The van der Waals surface area contributed by atoms with Crippen LogP contribution in [0.5, 0.6) is 0 Å². The number of piperidine rings is 1. The molecular weight excluding hydrogens is 249 g/mol. The smallest absolute Gasteiger partial charge is 0.130 e. The highest BCUT2D eigenvalue weighted by Crippen LogP contribution is 2.30. The van der Waals surface area contributed by atoms with Crippen molar-refractivity contribution in [1.82, 2.24) is 5.32 Å². The lowest BCUT2D eigenvalue weighted by Crippen LogP contribution is -2.30. The molecule has 1 aliphatic rings. The molecule has 0 spiro atoms. The highest BCUT2D eigenvalue weighted by Gasteiger charge is 2.21. The molecule has 1 aromatic carbocycles. The van der Waals surface area contributed by atoms with Gasteiger partial charge in [-0.25, -0.2) is 4.39 Å². The van der Waals surface area contributed by atoms with Crippen LogP contribution in [0, 0.1) is 5.92 Å². The lowest BCUT2D eigenvalue weighted by atomic mass is 9.91. The Labute approximate surface area is 114 Å². The quantitative estimate of drug-likeness (QED) is 0.872. The van der Waals surface area contributed by atoms with Gasteiger partial charge in [-0.05, 0) is 69.3 Å². The Kier molecular flexibility index (Phi) is 4.29.